The van der Waals surface area contributed by atoms with Gasteiger partial charge in [-0.2, -0.15) is 0 Å². The Kier molecular flexibility index (Phi) is 5.78. The number of carboxylic acids is 1. The largest absolute Gasteiger partial charge is 0.478 e. The summed E-state index contributed by atoms with van der Waals surface area (Å²) < 4.78 is 0. The number of carbonyl (C=O) groups is 1. The van der Waals surface area contributed by atoms with Crippen LogP contribution in [0.1, 0.15) is 10.4 Å². The van der Waals surface area contributed by atoms with Gasteiger partial charge in [0.05, 0.1) is 39.3 Å². The van der Waals surface area contributed by atoms with Gasteiger partial charge in [0.15, 0.2) is 0 Å². The molecule has 3 aromatic rings. The highest BCUT2D eigenvalue weighted by molar-refractivity contribution is 7.99. The van der Waals surface area contributed by atoms with Crippen LogP contribution in [0.3, 0.4) is 0 Å². The molecule has 9 heteroatoms. The summed E-state index contributed by atoms with van der Waals surface area (Å²) in [5, 5.41) is 14.6. The zero-order valence-electron chi connectivity index (χ0n) is 14.5. The lowest BCUT2D eigenvalue weighted by atomic mass is 10.2. The van der Waals surface area contributed by atoms with Gasteiger partial charge < -0.3 is 15.3 Å². The molecule has 0 radical (unpaired) electrons. The molecule has 0 amide bonds. The predicted octanol–water partition coefficient (Wildman–Crippen LogP) is 7.67. The second-order valence-corrected chi connectivity index (χ2v) is 8.96. The van der Waals surface area contributed by atoms with Gasteiger partial charge in [-0.15, -0.1) is 0 Å². The molecule has 2 N–H and O–H groups in total. The number of benzene rings is 3. The number of para-hydroxylation sites is 1. The molecule has 0 fully saturated rings. The molecule has 1 heterocycles. The molecule has 0 saturated carbocycles. The highest BCUT2D eigenvalue weighted by Gasteiger charge is 2.29. The van der Waals surface area contributed by atoms with E-state index in [4.69, 9.17) is 46.4 Å². The number of carboxylic acid groups (broad SMARTS) is 1. The van der Waals surface area contributed by atoms with Gasteiger partial charge in [0, 0.05) is 19.8 Å². The van der Waals surface area contributed by atoms with Crippen LogP contribution in [0.25, 0.3) is 0 Å². The fourth-order valence-electron chi connectivity index (χ4n) is 3.14. The lowest BCUT2D eigenvalue weighted by Crippen LogP contribution is -2.28. The molecular formula is C20H12Cl4N2O2S. The minimum absolute atomic E-state index is 0.170. The van der Waals surface area contributed by atoms with E-state index in [2.05, 4.69) is 5.32 Å². The third kappa shape index (κ3) is 3.98. The third-order valence-electron chi connectivity index (χ3n) is 4.33. The Balaban J connectivity index is 1.80. The fourth-order valence-corrected chi connectivity index (χ4v) is 5.82. The van der Waals surface area contributed by atoms with E-state index in [0.29, 0.717) is 25.8 Å². The number of aromatic carboxylic acids is 1. The molecule has 29 heavy (non-hydrogen) atoms. The number of halogens is 4. The molecule has 0 aliphatic carbocycles. The Labute approximate surface area is 191 Å². The Bertz CT molecular complexity index is 1080. The van der Waals surface area contributed by atoms with E-state index in [1.165, 1.54) is 17.8 Å². The van der Waals surface area contributed by atoms with Gasteiger partial charge >= 0.3 is 5.97 Å². The van der Waals surface area contributed by atoms with Crippen molar-refractivity contribution in [2.75, 3.05) is 16.9 Å². The SMILES string of the molecule is O=C(O)c1ccccc1NCN1c2c(Cl)cc(Cl)cc2Sc2cc(Cl)cc(Cl)c21. The molecule has 0 unspecified atom stereocenters. The summed E-state index contributed by atoms with van der Waals surface area (Å²) in [6, 6.07) is 13.7. The number of anilines is 3. The van der Waals surface area contributed by atoms with Crippen molar-refractivity contribution in [3.63, 3.8) is 0 Å². The minimum Gasteiger partial charge on any atom is -0.478 e. The highest BCUT2D eigenvalue weighted by atomic mass is 35.5. The summed E-state index contributed by atoms with van der Waals surface area (Å²) in [5.41, 5.74) is 2.12. The highest BCUT2D eigenvalue weighted by Crippen LogP contribution is 2.54. The average Bonchev–Trinajstić information content (AvgIpc) is 2.64. The molecule has 0 spiro atoms. The van der Waals surface area contributed by atoms with E-state index in [1.807, 2.05) is 17.0 Å². The van der Waals surface area contributed by atoms with Gasteiger partial charge in [-0.05, 0) is 36.4 Å². The normalized spacial score (nSPS) is 12.3. The summed E-state index contributed by atoms with van der Waals surface area (Å²) >= 11 is 26.9. The van der Waals surface area contributed by atoms with Gasteiger partial charge in [-0.25, -0.2) is 4.79 Å². The fraction of sp³-hybridized carbons (Fsp3) is 0.0500. The van der Waals surface area contributed by atoms with Crippen molar-refractivity contribution < 1.29 is 9.90 Å². The van der Waals surface area contributed by atoms with Crippen LogP contribution >= 0.6 is 58.2 Å². The number of hydrogen-bond acceptors (Lipinski definition) is 4. The minimum atomic E-state index is -1.02. The molecule has 0 bridgehead atoms. The summed E-state index contributed by atoms with van der Waals surface area (Å²) in [6.45, 7) is 0.230. The van der Waals surface area contributed by atoms with Crippen LogP contribution in [-0.2, 0) is 0 Å². The third-order valence-corrected chi connectivity index (χ3v) is 6.41. The van der Waals surface area contributed by atoms with Crippen molar-refractivity contribution >= 4 is 81.2 Å². The first kappa shape index (κ1) is 20.5. The van der Waals surface area contributed by atoms with Crippen LogP contribution in [0.2, 0.25) is 20.1 Å². The van der Waals surface area contributed by atoms with Gasteiger partial charge in [0.2, 0.25) is 0 Å². The quantitative estimate of drug-likeness (QED) is 0.397. The maximum atomic E-state index is 11.5. The van der Waals surface area contributed by atoms with Crippen molar-refractivity contribution in [3.8, 4) is 0 Å². The maximum absolute atomic E-state index is 11.5. The van der Waals surface area contributed by atoms with E-state index in [9.17, 15) is 9.90 Å². The average molecular weight is 486 g/mol. The zero-order chi connectivity index (χ0) is 20.7. The molecule has 148 valence electrons. The van der Waals surface area contributed by atoms with Crippen molar-refractivity contribution in [2.24, 2.45) is 0 Å². The monoisotopic (exact) mass is 484 g/mol. The van der Waals surface area contributed by atoms with E-state index in [-0.39, 0.29) is 12.2 Å². The van der Waals surface area contributed by atoms with E-state index >= 15 is 0 Å². The molecular weight excluding hydrogens is 474 g/mol. The Morgan fingerprint density at radius 2 is 1.48 bits per heavy atom. The van der Waals surface area contributed by atoms with Crippen molar-refractivity contribution in [2.45, 2.75) is 9.79 Å². The van der Waals surface area contributed by atoms with Crippen LogP contribution < -0.4 is 10.2 Å². The first-order chi connectivity index (χ1) is 13.8. The van der Waals surface area contributed by atoms with Crippen molar-refractivity contribution in [3.05, 3.63) is 74.2 Å². The number of rotatable bonds is 4. The molecule has 0 atom stereocenters. The summed E-state index contributed by atoms with van der Waals surface area (Å²) in [5.74, 6) is -1.02. The standard InChI is InChI=1S/C20H12Cl4N2O2S/c21-10-5-13(23)18-16(7-10)29-17-8-11(22)6-14(24)19(17)26(18)9-25-15-4-2-1-3-12(15)20(27)28/h1-8,25H,9H2,(H,27,28). The number of nitrogens with one attached hydrogen (secondary N) is 1. The first-order valence-corrected chi connectivity index (χ1v) is 10.7. The Morgan fingerprint density at radius 3 is 2.03 bits per heavy atom. The molecule has 3 aromatic carbocycles. The van der Waals surface area contributed by atoms with Gasteiger partial charge in [-0.3, -0.25) is 0 Å². The predicted molar refractivity (Wildman–Crippen MR) is 121 cm³/mol. The maximum Gasteiger partial charge on any atom is 0.337 e. The Hall–Kier alpha value is -1.76. The molecule has 0 saturated heterocycles. The molecule has 0 aromatic heterocycles. The van der Waals surface area contributed by atoms with Crippen LogP contribution in [0.4, 0.5) is 17.1 Å². The second kappa shape index (κ2) is 8.17. The van der Waals surface area contributed by atoms with Crippen molar-refractivity contribution in [1.82, 2.24) is 0 Å². The first-order valence-electron chi connectivity index (χ1n) is 8.35. The van der Waals surface area contributed by atoms with Crippen LogP contribution in [-0.4, -0.2) is 17.7 Å². The topological polar surface area (TPSA) is 52.6 Å². The van der Waals surface area contributed by atoms with E-state index in [1.54, 1.807) is 30.3 Å². The summed E-state index contributed by atoms with van der Waals surface area (Å²) in [6.07, 6.45) is 0. The molecule has 4 rings (SSSR count). The number of hydrogen-bond donors (Lipinski definition) is 2. The van der Waals surface area contributed by atoms with Crippen LogP contribution in [0.5, 0.6) is 0 Å². The molecule has 1 aliphatic heterocycles. The number of nitrogens with zero attached hydrogens (tertiary/aromatic N) is 1. The number of fused-ring (bicyclic) bond motifs is 2. The lowest BCUT2D eigenvalue weighted by molar-refractivity contribution is 0.0698. The summed E-state index contributed by atoms with van der Waals surface area (Å²) in [7, 11) is 0. The van der Waals surface area contributed by atoms with Gasteiger partial charge in [-0.1, -0.05) is 70.3 Å². The van der Waals surface area contributed by atoms with E-state index < -0.39 is 5.97 Å². The Morgan fingerprint density at radius 1 is 0.931 bits per heavy atom. The smallest absolute Gasteiger partial charge is 0.337 e. The summed E-state index contributed by atoms with van der Waals surface area (Å²) in [4.78, 5) is 15.1. The second-order valence-electron chi connectivity index (χ2n) is 6.18. The van der Waals surface area contributed by atoms with Gasteiger partial charge in [0.25, 0.3) is 0 Å². The van der Waals surface area contributed by atoms with Crippen LogP contribution in [0, 0.1) is 0 Å². The lowest BCUT2D eigenvalue weighted by Gasteiger charge is -2.34. The van der Waals surface area contributed by atoms with E-state index in [0.717, 1.165) is 21.2 Å². The molecule has 4 nitrogen and oxygen atoms in total. The van der Waals surface area contributed by atoms with Gasteiger partial charge in [0.1, 0.15) is 0 Å². The zero-order valence-corrected chi connectivity index (χ0v) is 18.4. The van der Waals surface area contributed by atoms with Crippen LogP contribution in [0.15, 0.2) is 58.3 Å². The molecule has 1 aliphatic rings. The van der Waals surface area contributed by atoms with Crippen molar-refractivity contribution in [1.29, 1.82) is 0 Å².